The van der Waals surface area contributed by atoms with Crippen LogP contribution in [0.5, 0.6) is 0 Å². The summed E-state index contributed by atoms with van der Waals surface area (Å²) < 4.78 is 28.6. The monoisotopic (exact) mass is 297 g/mol. The second-order valence-electron chi connectivity index (χ2n) is 6.23. The van der Waals surface area contributed by atoms with Crippen LogP contribution in [0.1, 0.15) is 57.3 Å². The second-order valence-corrected chi connectivity index (χ2v) is 8.44. The maximum Gasteiger partial charge on any atom is 0.217 e. The number of rotatable bonds is 4. The maximum atomic E-state index is 12.4. The Morgan fingerprint density at radius 2 is 2.05 bits per heavy atom. The lowest BCUT2D eigenvalue weighted by Crippen LogP contribution is -2.41. The Balaban J connectivity index is 1.80. The fourth-order valence-corrected chi connectivity index (χ4v) is 4.96. The summed E-state index contributed by atoms with van der Waals surface area (Å²) in [7, 11) is -3.05. The third kappa shape index (κ3) is 2.51. The standard InChI is InChI=1S/C14H23N3O2S/c1-11(2)17-9-7-15-14(17)12-4-3-8-16(10-12)20(18,19)13-5-6-13/h7,9,11-13H,3-6,8,10H2,1-2H3/t12-/m1/s1. The van der Waals surface area contributed by atoms with Gasteiger partial charge in [0.15, 0.2) is 0 Å². The molecule has 1 aliphatic heterocycles. The highest BCUT2D eigenvalue weighted by Gasteiger charge is 2.42. The third-order valence-electron chi connectivity index (χ3n) is 4.31. The van der Waals surface area contributed by atoms with Crippen LogP contribution in [0.25, 0.3) is 0 Å². The molecular weight excluding hydrogens is 274 g/mol. The maximum absolute atomic E-state index is 12.4. The van der Waals surface area contributed by atoms with E-state index in [0.29, 0.717) is 19.1 Å². The topological polar surface area (TPSA) is 55.2 Å². The van der Waals surface area contributed by atoms with Crippen LogP contribution in [-0.2, 0) is 10.0 Å². The van der Waals surface area contributed by atoms with Crippen molar-refractivity contribution in [3.8, 4) is 0 Å². The summed E-state index contributed by atoms with van der Waals surface area (Å²) in [6.45, 7) is 5.54. The summed E-state index contributed by atoms with van der Waals surface area (Å²) in [6.07, 6.45) is 7.45. The van der Waals surface area contributed by atoms with Crippen LogP contribution in [0, 0.1) is 0 Å². The summed E-state index contributed by atoms with van der Waals surface area (Å²) in [4.78, 5) is 4.48. The molecule has 0 amide bonds. The van der Waals surface area contributed by atoms with Crippen molar-refractivity contribution < 1.29 is 8.42 Å². The lowest BCUT2D eigenvalue weighted by molar-refractivity contribution is 0.302. The van der Waals surface area contributed by atoms with Gasteiger partial charge in [-0.2, -0.15) is 0 Å². The smallest absolute Gasteiger partial charge is 0.217 e. The molecule has 0 unspecified atom stereocenters. The van der Waals surface area contributed by atoms with Gasteiger partial charge in [-0.1, -0.05) is 0 Å². The molecular formula is C14H23N3O2S. The number of aromatic nitrogens is 2. The Kier molecular flexibility index (Phi) is 3.62. The first kappa shape index (κ1) is 14.1. The quantitative estimate of drug-likeness (QED) is 0.855. The van der Waals surface area contributed by atoms with E-state index < -0.39 is 10.0 Å². The SMILES string of the molecule is CC(C)n1ccnc1[C@@H]1CCCN(S(=O)(=O)C2CC2)C1. The molecule has 1 atom stereocenters. The molecule has 0 N–H and O–H groups in total. The number of sulfonamides is 1. The molecule has 0 bridgehead atoms. The average Bonchev–Trinajstić information content (AvgIpc) is 3.17. The highest BCUT2D eigenvalue weighted by molar-refractivity contribution is 7.90. The van der Waals surface area contributed by atoms with E-state index in [1.165, 1.54) is 0 Å². The molecule has 1 saturated carbocycles. The number of nitrogens with zero attached hydrogens (tertiary/aromatic N) is 3. The molecule has 3 rings (SSSR count). The Morgan fingerprint density at radius 3 is 2.70 bits per heavy atom. The van der Waals surface area contributed by atoms with E-state index in [1.807, 2.05) is 12.4 Å². The Hall–Kier alpha value is -0.880. The van der Waals surface area contributed by atoms with Crippen molar-refractivity contribution in [2.75, 3.05) is 13.1 Å². The molecule has 2 fully saturated rings. The molecule has 0 radical (unpaired) electrons. The van der Waals surface area contributed by atoms with Gasteiger partial charge < -0.3 is 4.57 Å². The fraction of sp³-hybridized carbons (Fsp3) is 0.786. The molecule has 112 valence electrons. The van der Waals surface area contributed by atoms with E-state index in [-0.39, 0.29) is 11.2 Å². The number of piperidine rings is 1. The highest BCUT2D eigenvalue weighted by Crippen LogP contribution is 2.35. The number of imidazole rings is 1. The first-order valence-corrected chi connectivity index (χ1v) is 9.02. The Bertz CT molecular complexity index is 575. The van der Waals surface area contributed by atoms with Crippen molar-refractivity contribution in [1.29, 1.82) is 0 Å². The van der Waals surface area contributed by atoms with Gasteiger partial charge in [-0.3, -0.25) is 0 Å². The molecule has 1 aliphatic carbocycles. The van der Waals surface area contributed by atoms with E-state index in [1.54, 1.807) is 4.31 Å². The summed E-state index contributed by atoms with van der Waals surface area (Å²) in [5.41, 5.74) is 0. The molecule has 1 aromatic rings. The van der Waals surface area contributed by atoms with Gasteiger partial charge in [0.05, 0.1) is 5.25 Å². The van der Waals surface area contributed by atoms with Crippen molar-refractivity contribution in [2.45, 2.75) is 56.7 Å². The molecule has 5 nitrogen and oxygen atoms in total. The van der Waals surface area contributed by atoms with Crippen molar-refractivity contribution in [3.05, 3.63) is 18.2 Å². The first-order chi connectivity index (χ1) is 9.50. The molecule has 6 heteroatoms. The van der Waals surface area contributed by atoms with Gasteiger partial charge in [0.25, 0.3) is 0 Å². The van der Waals surface area contributed by atoms with Crippen LogP contribution >= 0.6 is 0 Å². The minimum Gasteiger partial charge on any atom is -0.332 e. The lowest BCUT2D eigenvalue weighted by Gasteiger charge is -2.32. The summed E-state index contributed by atoms with van der Waals surface area (Å²) in [6, 6.07) is 0.364. The highest BCUT2D eigenvalue weighted by atomic mass is 32.2. The van der Waals surface area contributed by atoms with Crippen LogP contribution in [0.15, 0.2) is 12.4 Å². The molecule has 2 aliphatic rings. The zero-order valence-electron chi connectivity index (χ0n) is 12.2. The Morgan fingerprint density at radius 1 is 1.30 bits per heavy atom. The molecule has 1 aromatic heterocycles. The van der Waals surface area contributed by atoms with Gasteiger partial charge in [-0.15, -0.1) is 0 Å². The van der Waals surface area contributed by atoms with Gasteiger partial charge in [-0.05, 0) is 39.5 Å². The first-order valence-electron chi connectivity index (χ1n) is 7.52. The van der Waals surface area contributed by atoms with Gasteiger partial charge in [0.2, 0.25) is 10.0 Å². The van der Waals surface area contributed by atoms with Crippen LogP contribution in [0.2, 0.25) is 0 Å². The minimum absolute atomic E-state index is 0.105. The second kappa shape index (κ2) is 5.15. The average molecular weight is 297 g/mol. The van der Waals surface area contributed by atoms with E-state index in [2.05, 4.69) is 23.4 Å². The molecule has 0 spiro atoms. The lowest BCUT2D eigenvalue weighted by atomic mass is 9.98. The molecule has 0 aromatic carbocycles. The van der Waals surface area contributed by atoms with Crippen LogP contribution in [0.3, 0.4) is 0 Å². The van der Waals surface area contributed by atoms with Crippen molar-refractivity contribution in [3.63, 3.8) is 0 Å². The van der Waals surface area contributed by atoms with Crippen molar-refractivity contribution in [1.82, 2.24) is 13.9 Å². The minimum atomic E-state index is -3.05. The van der Waals surface area contributed by atoms with Crippen molar-refractivity contribution >= 4 is 10.0 Å². The normalized spacial score (nSPS) is 25.2. The summed E-state index contributed by atoms with van der Waals surface area (Å²) >= 11 is 0. The van der Waals surface area contributed by atoms with E-state index in [0.717, 1.165) is 31.5 Å². The van der Waals surface area contributed by atoms with Gasteiger partial charge in [0, 0.05) is 37.4 Å². The molecule has 2 heterocycles. The number of hydrogen-bond donors (Lipinski definition) is 0. The summed E-state index contributed by atoms with van der Waals surface area (Å²) in [5, 5.41) is -0.105. The number of hydrogen-bond acceptors (Lipinski definition) is 3. The van der Waals surface area contributed by atoms with Crippen LogP contribution in [0.4, 0.5) is 0 Å². The van der Waals surface area contributed by atoms with E-state index in [4.69, 9.17) is 0 Å². The largest absolute Gasteiger partial charge is 0.332 e. The van der Waals surface area contributed by atoms with Crippen molar-refractivity contribution in [2.24, 2.45) is 0 Å². The van der Waals surface area contributed by atoms with Crippen LogP contribution < -0.4 is 0 Å². The van der Waals surface area contributed by atoms with E-state index >= 15 is 0 Å². The molecule has 20 heavy (non-hydrogen) atoms. The van der Waals surface area contributed by atoms with Crippen LogP contribution in [-0.4, -0.2) is 40.6 Å². The zero-order chi connectivity index (χ0) is 14.3. The summed E-state index contributed by atoms with van der Waals surface area (Å²) in [5.74, 6) is 1.27. The predicted molar refractivity (Wildman–Crippen MR) is 78.1 cm³/mol. The molecule has 1 saturated heterocycles. The van der Waals surface area contributed by atoms with Gasteiger partial charge in [0.1, 0.15) is 5.82 Å². The predicted octanol–water partition coefficient (Wildman–Crippen LogP) is 2.14. The van der Waals surface area contributed by atoms with Gasteiger partial charge >= 0.3 is 0 Å². The Labute approximate surface area is 121 Å². The van der Waals surface area contributed by atoms with Gasteiger partial charge in [-0.25, -0.2) is 17.7 Å². The van der Waals surface area contributed by atoms with E-state index in [9.17, 15) is 8.42 Å². The zero-order valence-corrected chi connectivity index (χ0v) is 13.0. The fourth-order valence-electron chi connectivity index (χ4n) is 3.04. The third-order valence-corrected chi connectivity index (χ3v) is 6.68.